The fourth-order valence-corrected chi connectivity index (χ4v) is 3.09. The van der Waals surface area contributed by atoms with Crippen LogP contribution in [0, 0.1) is 5.92 Å². The van der Waals surface area contributed by atoms with Crippen molar-refractivity contribution in [3.63, 3.8) is 0 Å². The zero-order valence-electron chi connectivity index (χ0n) is 14.5. The molecule has 0 atom stereocenters. The number of carbonyl (C=O) groups excluding carboxylic acids is 1. The summed E-state index contributed by atoms with van der Waals surface area (Å²) in [6, 6.07) is 13.2. The summed E-state index contributed by atoms with van der Waals surface area (Å²) in [7, 11) is 0. The Bertz CT molecular complexity index is 738. The average Bonchev–Trinajstić information content (AvgIpc) is 2.67. The fourth-order valence-electron chi connectivity index (χ4n) is 3.09. The highest BCUT2D eigenvalue weighted by Crippen LogP contribution is 2.22. The summed E-state index contributed by atoms with van der Waals surface area (Å²) in [4.78, 5) is 29.3. The van der Waals surface area contributed by atoms with E-state index in [9.17, 15) is 9.59 Å². The van der Waals surface area contributed by atoms with Crippen molar-refractivity contribution < 1.29 is 19.4 Å². The molecule has 0 spiro atoms. The summed E-state index contributed by atoms with van der Waals surface area (Å²) in [5, 5.41) is 8.86. The molecular weight excluding hydrogens is 332 g/mol. The Hall–Kier alpha value is -2.89. The maximum atomic E-state index is 12.5. The predicted molar refractivity (Wildman–Crippen MR) is 95.9 cm³/mol. The molecule has 2 heterocycles. The van der Waals surface area contributed by atoms with Gasteiger partial charge < -0.3 is 14.7 Å². The number of rotatable bonds is 6. The molecule has 3 rings (SSSR count). The Labute approximate surface area is 152 Å². The summed E-state index contributed by atoms with van der Waals surface area (Å²) < 4.78 is 5.63. The molecule has 0 aliphatic carbocycles. The first-order valence-corrected chi connectivity index (χ1v) is 8.75. The number of carboxylic acids is 1. The molecule has 0 unspecified atom stereocenters. The van der Waals surface area contributed by atoms with Crippen LogP contribution in [0.25, 0.3) is 0 Å². The van der Waals surface area contributed by atoms with E-state index in [0.717, 1.165) is 18.4 Å². The lowest BCUT2D eigenvalue weighted by molar-refractivity contribution is -0.138. The number of carbonyl (C=O) groups is 2. The molecule has 1 aromatic carbocycles. The van der Waals surface area contributed by atoms with Gasteiger partial charge in [-0.25, -0.2) is 4.98 Å². The van der Waals surface area contributed by atoms with Gasteiger partial charge in [-0.05, 0) is 30.4 Å². The Morgan fingerprint density at radius 2 is 1.85 bits per heavy atom. The highest BCUT2D eigenvalue weighted by Gasteiger charge is 2.25. The van der Waals surface area contributed by atoms with Crippen molar-refractivity contribution in [3.8, 4) is 5.88 Å². The van der Waals surface area contributed by atoms with Gasteiger partial charge in [0.05, 0.1) is 5.56 Å². The SMILES string of the molecule is O=C(O)CC1CCN(C(=O)c2ccc(OCc3ccccc3)nc2)CC1. The van der Waals surface area contributed by atoms with Crippen LogP contribution >= 0.6 is 0 Å². The summed E-state index contributed by atoms with van der Waals surface area (Å²) in [6.45, 7) is 1.60. The maximum Gasteiger partial charge on any atom is 0.303 e. The van der Waals surface area contributed by atoms with Gasteiger partial charge in [0.1, 0.15) is 6.61 Å². The molecule has 1 aliphatic heterocycles. The van der Waals surface area contributed by atoms with Gasteiger partial charge in [-0.15, -0.1) is 0 Å². The zero-order chi connectivity index (χ0) is 18.4. The molecule has 1 amide bonds. The van der Waals surface area contributed by atoms with E-state index in [1.165, 1.54) is 6.20 Å². The van der Waals surface area contributed by atoms with E-state index in [2.05, 4.69) is 4.98 Å². The van der Waals surface area contributed by atoms with E-state index in [1.807, 2.05) is 30.3 Å². The van der Waals surface area contributed by atoms with Crippen LogP contribution in [0.3, 0.4) is 0 Å². The Kier molecular flexibility index (Phi) is 5.84. The lowest BCUT2D eigenvalue weighted by Crippen LogP contribution is -2.38. The quantitative estimate of drug-likeness (QED) is 0.863. The first kappa shape index (κ1) is 17.9. The minimum Gasteiger partial charge on any atom is -0.481 e. The van der Waals surface area contributed by atoms with Crippen LogP contribution in [0.5, 0.6) is 5.88 Å². The highest BCUT2D eigenvalue weighted by atomic mass is 16.5. The fraction of sp³-hybridized carbons (Fsp3) is 0.350. The van der Waals surface area contributed by atoms with Crippen molar-refractivity contribution in [1.82, 2.24) is 9.88 Å². The number of benzene rings is 1. The third-order valence-electron chi connectivity index (χ3n) is 4.58. The van der Waals surface area contributed by atoms with Crippen molar-refractivity contribution in [2.75, 3.05) is 13.1 Å². The molecule has 136 valence electrons. The Morgan fingerprint density at radius 3 is 2.46 bits per heavy atom. The van der Waals surface area contributed by atoms with Crippen LogP contribution in [0.1, 0.15) is 35.2 Å². The molecule has 0 bridgehead atoms. The second-order valence-corrected chi connectivity index (χ2v) is 6.49. The number of carboxylic acid groups (broad SMARTS) is 1. The Morgan fingerprint density at radius 1 is 1.12 bits per heavy atom. The number of hydrogen-bond acceptors (Lipinski definition) is 4. The van der Waals surface area contributed by atoms with Crippen LogP contribution in [0.4, 0.5) is 0 Å². The van der Waals surface area contributed by atoms with Gasteiger partial charge in [0.25, 0.3) is 5.91 Å². The van der Waals surface area contributed by atoms with Gasteiger partial charge in [0.15, 0.2) is 0 Å². The molecule has 6 nitrogen and oxygen atoms in total. The standard InChI is InChI=1S/C20H22N2O4/c23-19(24)12-15-8-10-22(11-9-15)20(25)17-6-7-18(21-13-17)26-14-16-4-2-1-3-5-16/h1-7,13,15H,8-12,14H2,(H,23,24). The smallest absolute Gasteiger partial charge is 0.303 e. The largest absolute Gasteiger partial charge is 0.481 e. The van der Waals surface area contributed by atoms with Gasteiger partial charge in [-0.3, -0.25) is 9.59 Å². The van der Waals surface area contributed by atoms with Gasteiger partial charge in [-0.2, -0.15) is 0 Å². The number of aliphatic carboxylic acids is 1. The van der Waals surface area contributed by atoms with Crippen LogP contribution in [-0.2, 0) is 11.4 Å². The summed E-state index contributed by atoms with van der Waals surface area (Å²) in [5.41, 5.74) is 1.58. The number of amides is 1. The second-order valence-electron chi connectivity index (χ2n) is 6.49. The molecule has 1 N–H and O–H groups in total. The van der Waals surface area contributed by atoms with E-state index < -0.39 is 5.97 Å². The number of ether oxygens (including phenoxy) is 1. The lowest BCUT2D eigenvalue weighted by Gasteiger charge is -2.31. The topological polar surface area (TPSA) is 79.7 Å². The van der Waals surface area contributed by atoms with E-state index >= 15 is 0 Å². The summed E-state index contributed by atoms with van der Waals surface area (Å²) >= 11 is 0. The molecule has 1 aromatic heterocycles. The van der Waals surface area contributed by atoms with Crippen molar-refractivity contribution in [2.24, 2.45) is 5.92 Å². The molecule has 1 fully saturated rings. The monoisotopic (exact) mass is 354 g/mol. The summed E-state index contributed by atoms with van der Waals surface area (Å²) in [5.74, 6) is -0.208. The minimum atomic E-state index is -0.773. The van der Waals surface area contributed by atoms with Gasteiger partial charge in [-0.1, -0.05) is 30.3 Å². The van der Waals surface area contributed by atoms with Crippen LogP contribution in [0.15, 0.2) is 48.7 Å². The number of pyridine rings is 1. The van der Waals surface area contributed by atoms with Crippen LogP contribution in [0.2, 0.25) is 0 Å². The third kappa shape index (κ3) is 4.81. The molecule has 2 aromatic rings. The second kappa shape index (κ2) is 8.47. The molecule has 1 aliphatic rings. The van der Waals surface area contributed by atoms with Crippen molar-refractivity contribution >= 4 is 11.9 Å². The lowest BCUT2D eigenvalue weighted by atomic mass is 9.93. The maximum absolute atomic E-state index is 12.5. The minimum absolute atomic E-state index is 0.0686. The van der Waals surface area contributed by atoms with Crippen LogP contribution in [-0.4, -0.2) is 40.0 Å². The number of piperidine rings is 1. The van der Waals surface area contributed by atoms with Crippen molar-refractivity contribution in [2.45, 2.75) is 25.9 Å². The molecule has 1 saturated heterocycles. The van der Waals surface area contributed by atoms with Gasteiger partial charge in [0, 0.05) is 31.8 Å². The molecule has 26 heavy (non-hydrogen) atoms. The summed E-state index contributed by atoms with van der Waals surface area (Å²) in [6.07, 6.45) is 3.16. The number of hydrogen-bond donors (Lipinski definition) is 1. The van der Waals surface area contributed by atoms with Crippen LogP contribution < -0.4 is 4.74 Å². The predicted octanol–water partition coefficient (Wildman–Crippen LogP) is 2.99. The van der Waals surface area contributed by atoms with E-state index in [1.54, 1.807) is 17.0 Å². The van der Waals surface area contributed by atoms with Crippen molar-refractivity contribution in [1.29, 1.82) is 0 Å². The normalized spacial score (nSPS) is 14.8. The van der Waals surface area contributed by atoms with E-state index in [0.29, 0.717) is 31.1 Å². The molecule has 0 saturated carbocycles. The highest BCUT2D eigenvalue weighted by molar-refractivity contribution is 5.94. The zero-order valence-corrected chi connectivity index (χ0v) is 14.5. The number of likely N-dealkylation sites (tertiary alicyclic amines) is 1. The first-order valence-electron chi connectivity index (χ1n) is 8.75. The van der Waals surface area contributed by atoms with Gasteiger partial charge in [0.2, 0.25) is 5.88 Å². The average molecular weight is 354 g/mol. The number of nitrogens with zero attached hydrogens (tertiary/aromatic N) is 2. The first-order chi connectivity index (χ1) is 12.6. The molecule has 0 radical (unpaired) electrons. The third-order valence-corrected chi connectivity index (χ3v) is 4.58. The van der Waals surface area contributed by atoms with Crippen molar-refractivity contribution in [3.05, 3.63) is 59.8 Å². The molecule has 6 heteroatoms. The Balaban J connectivity index is 1.52. The molecular formula is C20H22N2O4. The van der Waals surface area contributed by atoms with Gasteiger partial charge >= 0.3 is 5.97 Å². The van der Waals surface area contributed by atoms with E-state index in [-0.39, 0.29) is 18.2 Å². The van der Waals surface area contributed by atoms with E-state index in [4.69, 9.17) is 9.84 Å². The number of aromatic nitrogens is 1.